The number of carboxylic acids is 1. The molecule has 2 N–H and O–H groups in total. The number of rotatable bonds is 5. The van der Waals surface area contributed by atoms with Crippen LogP contribution in [0.3, 0.4) is 0 Å². The van der Waals surface area contributed by atoms with Crippen molar-refractivity contribution in [3.05, 3.63) is 59.2 Å². The molecule has 6 heteroatoms. The Morgan fingerprint density at radius 3 is 2.88 bits per heavy atom. The minimum atomic E-state index is -0.985. The molecule has 0 saturated heterocycles. The van der Waals surface area contributed by atoms with E-state index in [1.165, 1.54) is 6.07 Å². The van der Waals surface area contributed by atoms with Gasteiger partial charge in [0.1, 0.15) is 18.1 Å². The van der Waals surface area contributed by atoms with Crippen LogP contribution in [0.15, 0.2) is 42.5 Å². The molecule has 25 heavy (non-hydrogen) atoms. The molecule has 1 atom stereocenters. The highest BCUT2D eigenvalue weighted by Crippen LogP contribution is 2.31. The maximum atomic E-state index is 12.4. The largest absolute Gasteiger partial charge is 0.497 e. The van der Waals surface area contributed by atoms with Crippen LogP contribution < -0.4 is 14.8 Å². The molecule has 1 amide bonds. The smallest absolute Gasteiger partial charge is 0.335 e. The van der Waals surface area contributed by atoms with Crippen molar-refractivity contribution in [2.24, 2.45) is 5.92 Å². The number of methoxy groups -OCH3 is 1. The average molecular weight is 341 g/mol. The van der Waals surface area contributed by atoms with Crippen molar-refractivity contribution in [1.29, 1.82) is 0 Å². The minimum Gasteiger partial charge on any atom is -0.497 e. The van der Waals surface area contributed by atoms with Gasteiger partial charge in [-0.2, -0.15) is 0 Å². The first-order chi connectivity index (χ1) is 12.1. The molecular formula is C19H19NO5. The SMILES string of the molecule is COc1ccc2c(c1)OC[C@H](C(=O)NCc1cccc(C(=O)O)c1)C2. The average Bonchev–Trinajstić information content (AvgIpc) is 2.65. The molecule has 0 bridgehead atoms. The second-order valence-corrected chi connectivity index (χ2v) is 5.91. The first-order valence-electron chi connectivity index (χ1n) is 7.96. The highest BCUT2D eigenvalue weighted by Gasteiger charge is 2.26. The van der Waals surface area contributed by atoms with Crippen LogP contribution in [0, 0.1) is 5.92 Å². The fourth-order valence-electron chi connectivity index (χ4n) is 2.80. The summed E-state index contributed by atoms with van der Waals surface area (Å²) in [5.74, 6) is 0.101. The Morgan fingerprint density at radius 1 is 1.28 bits per heavy atom. The molecule has 1 aliphatic rings. The number of benzene rings is 2. The van der Waals surface area contributed by atoms with Crippen LogP contribution in [0.4, 0.5) is 0 Å². The maximum absolute atomic E-state index is 12.4. The molecule has 0 saturated carbocycles. The molecule has 0 unspecified atom stereocenters. The number of carbonyl (C=O) groups is 2. The van der Waals surface area contributed by atoms with Crippen LogP contribution in [0.2, 0.25) is 0 Å². The predicted molar refractivity (Wildman–Crippen MR) is 90.9 cm³/mol. The Balaban J connectivity index is 1.60. The molecule has 0 aromatic heterocycles. The maximum Gasteiger partial charge on any atom is 0.335 e. The van der Waals surface area contributed by atoms with Gasteiger partial charge in [-0.25, -0.2) is 4.79 Å². The van der Waals surface area contributed by atoms with Gasteiger partial charge in [-0.15, -0.1) is 0 Å². The summed E-state index contributed by atoms with van der Waals surface area (Å²) in [5, 5.41) is 11.9. The van der Waals surface area contributed by atoms with Gasteiger partial charge in [0.05, 0.1) is 18.6 Å². The number of amides is 1. The van der Waals surface area contributed by atoms with Gasteiger partial charge in [0.2, 0.25) is 5.91 Å². The molecule has 0 fully saturated rings. The molecule has 2 aromatic carbocycles. The van der Waals surface area contributed by atoms with E-state index >= 15 is 0 Å². The van der Waals surface area contributed by atoms with Gasteiger partial charge >= 0.3 is 5.97 Å². The molecule has 6 nitrogen and oxygen atoms in total. The van der Waals surface area contributed by atoms with Gasteiger partial charge in [-0.3, -0.25) is 4.79 Å². The first kappa shape index (κ1) is 16.8. The van der Waals surface area contributed by atoms with Crippen molar-refractivity contribution in [3.63, 3.8) is 0 Å². The van der Waals surface area contributed by atoms with Crippen molar-refractivity contribution in [2.45, 2.75) is 13.0 Å². The Morgan fingerprint density at radius 2 is 2.12 bits per heavy atom. The van der Waals surface area contributed by atoms with Crippen molar-refractivity contribution in [2.75, 3.05) is 13.7 Å². The lowest BCUT2D eigenvalue weighted by Gasteiger charge is -2.25. The zero-order valence-electron chi connectivity index (χ0n) is 13.8. The highest BCUT2D eigenvalue weighted by molar-refractivity contribution is 5.87. The quantitative estimate of drug-likeness (QED) is 0.871. The van der Waals surface area contributed by atoms with E-state index in [0.29, 0.717) is 13.0 Å². The van der Waals surface area contributed by atoms with Crippen LogP contribution in [0.1, 0.15) is 21.5 Å². The van der Waals surface area contributed by atoms with E-state index in [-0.39, 0.29) is 23.9 Å². The summed E-state index contributed by atoms with van der Waals surface area (Å²) in [5.41, 5.74) is 1.92. The van der Waals surface area contributed by atoms with Gasteiger partial charge in [-0.1, -0.05) is 18.2 Å². The van der Waals surface area contributed by atoms with Crippen molar-refractivity contribution in [3.8, 4) is 11.5 Å². The second-order valence-electron chi connectivity index (χ2n) is 5.91. The van der Waals surface area contributed by atoms with E-state index in [2.05, 4.69) is 5.32 Å². The summed E-state index contributed by atoms with van der Waals surface area (Å²) in [6, 6.07) is 12.1. The first-order valence-corrected chi connectivity index (χ1v) is 7.96. The summed E-state index contributed by atoms with van der Waals surface area (Å²) in [4.78, 5) is 23.4. The van der Waals surface area contributed by atoms with Crippen LogP contribution >= 0.6 is 0 Å². The lowest BCUT2D eigenvalue weighted by atomic mass is 9.96. The van der Waals surface area contributed by atoms with Crippen molar-refractivity contribution < 1.29 is 24.2 Å². The molecule has 1 aliphatic heterocycles. The number of fused-ring (bicyclic) bond motifs is 1. The molecule has 130 valence electrons. The van der Waals surface area contributed by atoms with E-state index < -0.39 is 5.97 Å². The predicted octanol–water partition coefficient (Wildman–Crippen LogP) is 2.26. The van der Waals surface area contributed by atoms with Crippen LogP contribution in [-0.2, 0) is 17.8 Å². The highest BCUT2D eigenvalue weighted by atomic mass is 16.5. The third kappa shape index (κ3) is 3.91. The molecule has 3 rings (SSSR count). The Kier molecular flexibility index (Phi) is 4.88. The third-order valence-corrected chi connectivity index (χ3v) is 4.19. The number of hydrogen-bond donors (Lipinski definition) is 2. The number of carboxylic acid groups (broad SMARTS) is 1. The van der Waals surface area contributed by atoms with E-state index in [1.54, 1.807) is 25.3 Å². The second kappa shape index (κ2) is 7.25. The van der Waals surface area contributed by atoms with Gasteiger partial charge in [0, 0.05) is 12.6 Å². The summed E-state index contributed by atoms with van der Waals surface area (Å²) in [6.45, 7) is 0.590. The fourth-order valence-corrected chi connectivity index (χ4v) is 2.80. The van der Waals surface area contributed by atoms with Crippen LogP contribution in [0.5, 0.6) is 11.5 Å². The lowest BCUT2D eigenvalue weighted by Crippen LogP contribution is -2.37. The normalized spacial score (nSPS) is 15.6. The number of hydrogen-bond acceptors (Lipinski definition) is 4. The van der Waals surface area contributed by atoms with Gasteiger partial charge < -0.3 is 19.9 Å². The fraction of sp³-hybridized carbons (Fsp3) is 0.263. The summed E-state index contributed by atoms with van der Waals surface area (Å²) >= 11 is 0. The zero-order chi connectivity index (χ0) is 17.8. The number of aromatic carboxylic acids is 1. The Bertz CT molecular complexity index is 802. The molecular weight excluding hydrogens is 322 g/mol. The van der Waals surface area contributed by atoms with E-state index in [9.17, 15) is 9.59 Å². The van der Waals surface area contributed by atoms with Crippen molar-refractivity contribution in [1.82, 2.24) is 5.32 Å². The topological polar surface area (TPSA) is 84.9 Å². The van der Waals surface area contributed by atoms with E-state index in [0.717, 1.165) is 22.6 Å². The lowest BCUT2D eigenvalue weighted by molar-refractivity contribution is -0.126. The standard InChI is InChI=1S/C19H19NO5/c1-24-16-6-5-13-8-15(11-25-17(13)9-16)18(21)20-10-12-3-2-4-14(7-12)19(22)23/h2-7,9,15H,8,10-11H2,1H3,(H,20,21)(H,22,23)/t15-/m1/s1. The van der Waals surface area contributed by atoms with Gasteiger partial charge in [-0.05, 0) is 35.7 Å². The van der Waals surface area contributed by atoms with E-state index in [4.69, 9.17) is 14.6 Å². The Hall–Kier alpha value is -3.02. The molecule has 0 radical (unpaired) electrons. The van der Waals surface area contributed by atoms with Gasteiger partial charge in [0.15, 0.2) is 0 Å². The molecule has 0 aliphatic carbocycles. The number of nitrogens with one attached hydrogen (secondary N) is 1. The zero-order valence-corrected chi connectivity index (χ0v) is 13.8. The van der Waals surface area contributed by atoms with Crippen LogP contribution in [0.25, 0.3) is 0 Å². The molecule has 2 aromatic rings. The number of ether oxygens (including phenoxy) is 2. The summed E-state index contributed by atoms with van der Waals surface area (Å²) in [7, 11) is 1.60. The summed E-state index contributed by atoms with van der Waals surface area (Å²) < 4.78 is 10.9. The number of carbonyl (C=O) groups excluding carboxylic acids is 1. The van der Waals surface area contributed by atoms with E-state index in [1.807, 2.05) is 18.2 Å². The Labute approximate surface area is 145 Å². The monoisotopic (exact) mass is 341 g/mol. The van der Waals surface area contributed by atoms with Crippen molar-refractivity contribution >= 4 is 11.9 Å². The van der Waals surface area contributed by atoms with Gasteiger partial charge in [0.25, 0.3) is 0 Å². The molecule has 0 spiro atoms. The minimum absolute atomic E-state index is 0.109. The summed E-state index contributed by atoms with van der Waals surface area (Å²) in [6.07, 6.45) is 0.598. The molecule has 1 heterocycles. The third-order valence-electron chi connectivity index (χ3n) is 4.19. The van der Waals surface area contributed by atoms with Crippen LogP contribution in [-0.4, -0.2) is 30.7 Å².